The average molecular weight is 411 g/mol. The highest BCUT2D eigenvalue weighted by molar-refractivity contribution is 7.22. The molecule has 5 rings (SSSR count). The van der Waals surface area contributed by atoms with Crippen LogP contribution in [-0.4, -0.2) is 53.7 Å². The summed E-state index contributed by atoms with van der Waals surface area (Å²) in [6, 6.07) is 15.4. The van der Waals surface area contributed by atoms with Crippen molar-refractivity contribution in [1.29, 1.82) is 0 Å². The highest BCUT2D eigenvalue weighted by Crippen LogP contribution is 2.34. The van der Waals surface area contributed by atoms with E-state index in [1.165, 1.54) is 34.7 Å². The Hall–Kier alpha value is -2.02. The minimum absolute atomic E-state index is 0.161. The predicted octanol–water partition coefficient (Wildman–Crippen LogP) is 4.57. The van der Waals surface area contributed by atoms with Gasteiger partial charge in [-0.25, -0.2) is 9.37 Å². The first kappa shape index (κ1) is 19.0. The molecular formula is C23H27FN4S. The zero-order valence-corrected chi connectivity index (χ0v) is 17.5. The van der Waals surface area contributed by atoms with E-state index in [-0.39, 0.29) is 5.82 Å². The molecule has 3 heterocycles. The number of benzene rings is 2. The maximum absolute atomic E-state index is 13.1. The van der Waals surface area contributed by atoms with Gasteiger partial charge >= 0.3 is 0 Å². The fourth-order valence-corrected chi connectivity index (χ4v) is 5.60. The number of hydrogen-bond acceptors (Lipinski definition) is 5. The Balaban J connectivity index is 1.25. The van der Waals surface area contributed by atoms with Crippen molar-refractivity contribution in [3.63, 3.8) is 0 Å². The van der Waals surface area contributed by atoms with Crippen molar-refractivity contribution in [2.24, 2.45) is 0 Å². The molecule has 2 aliphatic heterocycles. The first-order chi connectivity index (χ1) is 14.3. The molecule has 152 valence electrons. The molecule has 0 aliphatic carbocycles. The van der Waals surface area contributed by atoms with Gasteiger partial charge in [0.05, 0.1) is 16.4 Å². The number of fused-ring (bicyclic) bond motifs is 1. The minimum atomic E-state index is -0.161. The molecule has 0 amide bonds. The van der Waals surface area contributed by atoms with E-state index >= 15 is 0 Å². The number of piperidine rings is 1. The van der Waals surface area contributed by atoms with Crippen molar-refractivity contribution in [3.8, 4) is 0 Å². The highest BCUT2D eigenvalue weighted by Gasteiger charge is 2.32. The summed E-state index contributed by atoms with van der Waals surface area (Å²) in [4.78, 5) is 12.6. The number of aromatic nitrogens is 1. The van der Waals surface area contributed by atoms with E-state index < -0.39 is 0 Å². The molecule has 0 radical (unpaired) electrons. The first-order valence-corrected chi connectivity index (χ1v) is 11.4. The maximum atomic E-state index is 13.1. The molecule has 2 saturated heterocycles. The average Bonchev–Trinajstić information content (AvgIpc) is 3.20. The fraction of sp³-hybridized carbons (Fsp3) is 0.435. The Morgan fingerprint density at radius 2 is 1.72 bits per heavy atom. The quantitative estimate of drug-likeness (QED) is 0.628. The SMILES string of the molecule is Fc1ccc(CN2CCN(C3CCCCN3c3nc4ccccc4s3)CC2)cc1. The van der Waals surface area contributed by atoms with Crippen LogP contribution in [0.5, 0.6) is 0 Å². The Bertz CT molecular complexity index is 916. The van der Waals surface area contributed by atoms with Gasteiger partial charge in [-0.05, 0) is 49.1 Å². The molecule has 0 N–H and O–H groups in total. The Kier molecular flexibility index (Phi) is 5.48. The number of anilines is 1. The second-order valence-electron chi connectivity index (χ2n) is 8.07. The molecule has 4 nitrogen and oxygen atoms in total. The number of piperazine rings is 1. The number of thiazole rings is 1. The summed E-state index contributed by atoms with van der Waals surface area (Å²) in [5.41, 5.74) is 2.30. The molecule has 29 heavy (non-hydrogen) atoms. The van der Waals surface area contributed by atoms with E-state index in [1.54, 1.807) is 12.1 Å². The smallest absolute Gasteiger partial charge is 0.187 e. The first-order valence-electron chi connectivity index (χ1n) is 10.6. The summed E-state index contributed by atoms with van der Waals surface area (Å²) < 4.78 is 14.4. The van der Waals surface area contributed by atoms with Gasteiger partial charge in [-0.15, -0.1) is 0 Å². The lowest BCUT2D eigenvalue weighted by atomic mass is 10.1. The van der Waals surface area contributed by atoms with Gasteiger partial charge in [0, 0.05) is 39.3 Å². The van der Waals surface area contributed by atoms with Crippen LogP contribution in [0.4, 0.5) is 9.52 Å². The van der Waals surface area contributed by atoms with E-state index in [0.717, 1.165) is 44.8 Å². The van der Waals surface area contributed by atoms with Gasteiger partial charge in [0.25, 0.3) is 0 Å². The van der Waals surface area contributed by atoms with Crippen LogP contribution in [0.3, 0.4) is 0 Å². The highest BCUT2D eigenvalue weighted by atomic mass is 32.1. The second-order valence-corrected chi connectivity index (χ2v) is 9.08. The molecule has 1 unspecified atom stereocenters. The number of rotatable bonds is 4. The van der Waals surface area contributed by atoms with Gasteiger partial charge in [0.1, 0.15) is 5.82 Å². The third-order valence-corrected chi connectivity index (χ3v) is 7.22. The summed E-state index contributed by atoms with van der Waals surface area (Å²) >= 11 is 1.82. The molecule has 3 aromatic rings. The molecule has 2 aliphatic rings. The topological polar surface area (TPSA) is 22.6 Å². The summed E-state index contributed by atoms with van der Waals surface area (Å²) in [5, 5.41) is 1.17. The number of para-hydroxylation sites is 1. The maximum Gasteiger partial charge on any atom is 0.187 e. The zero-order chi connectivity index (χ0) is 19.6. The lowest BCUT2D eigenvalue weighted by molar-refractivity contribution is 0.0794. The fourth-order valence-electron chi connectivity index (χ4n) is 4.57. The van der Waals surface area contributed by atoms with Gasteiger partial charge in [0.2, 0.25) is 0 Å². The van der Waals surface area contributed by atoms with Gasteiger partial charge < -0.3 is 4.90 Å². The van der Waals surface area contributed by atoms with E-state index in [4.69, 9.17) is 4.98 Å². The summed E-state index contributed by atoms with van der Waals surface area (Å²) in [6.45, 7) is 6.27. The molecule has 0 spiro atoms. The molecular weight excluding hydrogens is 383 g/mol. The van der Waals surface area contributed by atoms with Gasteiger partial charge in [-0.2, -0.15) is 0 Å². The number of hydrogen-bond donors (Lipinski definition) is 0. The predicted molar refractivity (Wildman–Crippen MR) is 118 cm³/mol. The van der Waals surface area contributed by atoms with Crippen LogP contribution in [-0.2, 0) is 6.54 Å². The monoisotopic (exact) mass is 410 g/mol. The van der Waals surface area contributed by atoms with Crippen LogP contribution in [0.1, 0.15) is 24.8 Å². The molecule has 0 saturated carbocycles. The molecule has 0 bridgehead atoms. The molecule has 2 aromatic carbocycles. The van der Waals surface area contributed by atoms with Gasteiger partial charge in [-0.1, -0.05) is 35.6 Å². The molecule has 2 fully saturated rings. The third kappa shape index (κ3) is 4.15. The van der Waals surface area contributed by atoms with Crippen LogP contribution in [0.15, 0.2) is 48.5 Å². The summed E-state index contributed by atoms with van der Waals surface area (Å²) in [6.07, 6.45) is 4.21. The molecule has 1 atom stereocenters. The van der Waals surface area contributed by atoms with Gasteiger partial charge in [0.15, 0.2) is 5.13 Å². The van der Waals surface area contributed by atoms with Crippen molar-refractivity contribution in [2.75, 3.05) is 37.6 Å². The Morgan fingerprint density at radius 3 is 2.52 bits per heavy atom. The second kappa shape index (κ2) is 8.38. The van der Waals surface area contributed by atoms with Crippen LogP contribution >= 0.6 is 11.3 Å². The summed E-state index contributed by atoms with van der Waals surface area (Å²) in [5.74, 6) is -0.161. The van der Waals surface area contributed by atoms with E-state index in [1.807, 2.05) is 23.5 Å². The van der Waals surface area contributed by atoms with E-state index in [2.05, 4.69) is 39.0 Å². The van der Waals surface area contributed by atoms with Crippen molar-refractivity contribution in [2.45, 2.75) is 32.0 Å². The Labute approximate surface area is 175 Å². The van der Waals surface area contributed by atoms with Crippen molar-refractivity contribution >= 4 is 26.7 Å². The van der Waals surface area contributed by atoms with Crippen LogP contribution < -0.4 is 4.90 Å². The summed E-state index contributed by atoms with van der Waals surface area (Å²) in [7, 11) is 0. The van der Waals surface area contributed by atoms with E-state index in [9.17, 15) is 4.39 Å². The lowest BCUT2D eigenvalue weighted by Gasteiger charge is -2.46. The normalized spacial score (nSPS) is 21.7. The van der Waals surface area contributed by atoms with Crippen LogP contribution in [0.25, 0.3) is 10.2 Å². The van der Waals surface area contributed by atoms with Crippen LogP contribution in [0.2, 0.25) is 0 Å². The Morgan fingerprint density at radius 1 is 0.931 bits per heavy atom. The number of nitrogens with zero attached hydrogens (tertiary/aromatic N) is 4. The lowest BCUT2D eigenvalue weighted by Crippen LogP contribution is -2.57. The van der Waals surface area contributed by atoms with Crippen molar-refractivity contribution in [3.05, 3.63) is 59.9 Å². The van der Waals surface area contributed by atoms with E-state index in [0.29, 0.717) is 6.17 Å². The minimum Gasteiger partial charge on any atom is -0.332 e. The largest absolute Gasteiger partial charge is 0.332 e. The van der Waals surface area contributed by atoms with Gasteiger partial charge in [-0.3, -0.25) is 9.80 Å². The van der Waals surface area contributed by atoms with Crippen molar-refractivity contribution < 1.29 is 4.39 Å². The van der Waals surface area contributed by atoms with Crippen molar-refractivity contribution in [1.82, 2.24) is 14.8 Å². The molecule has 1 aromatic heterocycles. The van der Waals surface area contributed by atoms with Crippen LogP contribution in [0, 0.1) is 5.82 Å². The zero-order valence-electron chi connectivity index (χ0n) is 16.6. The third-order valence-electron chi connectivity index (χ3n) is 6.15. The number of halogens is 1. The standard InChI is InChI=1S/C23H27FN4S/c24-19-10-8-18(9-11-19)17-26-13-15-27(16-14-26)22-7-3-4-12-28(22)23-25-20-5-1-2-6-21(20)29-23/h1-2,5-6,8-11,22H,3-4,7,12-17H2. The molecule has 6 heteroatoms.